The van der Waals surface area contributed by atoms with Crippen molar-refractivity contribution in [2.45, 2.75) is 10.9 Å². The second kappa shape index (κ2) is 4.89. The molecule has 0 atom stereocenters. The topological polar surface area (TPSA) is 107 Å². The van der Waals surface area contributed by atoms with E-state index in [1.54, 1.807) is 24.3 Å². The Labute approximate surface area is 117 Å². The number of furan rings is 1. The molecular formula is C12H10N4O3S. The number of nitrogen functional groups attached to an aromatic ring is 1. The van der Waals surface area contributed by atoms with E-state index in [9.17, 15) is 9.90 Å². The molecule has 0 aliphatic heterocycles. The molecule has 3 rings (SSSR count). The standard InChI is InChI=1S/C12H10N4O3S/c13-16-6-14-15-12(16)20-5-9-10(11(17)18)7-3-1-2-4-8(7)19-9/h1-4,6H,5,13H2,(H,17,18). The lowest BCUT2D eigenvalue weighted by Gasteiger charge is -1.99. The Kier molecular flexibility index (Phi) is 3.07. The van der Waals surface area contributed by atoms with Gasteiger partial charge in [-0.15, -0.1) is 10.2 Å². The number of aromatic carboxylic acids is 1. The van der Waals surface area contributed by atoms with E-state index >= 15 is 0 Å². The molecule has 20 heavy (non-hydrogen) atoms. The van der Waals surface area contributed by atoms with Crippen molar-refractivity contribution in [1.82, 2.24) is 14.9 Å². The van der Waals surface area contributed by atoms with Gasteiger partial charge in [0.25, 0.3) is 0 Å². The fraction of sp³-hybridized carbons (Fsp3) is 0.0833. The van der Waals surface area contributed by atoms with Gasteiger partial charge >= 0.3 is 5.97 Å². The SMILES string of the molecule is Nn1cnnc1SCc1oc2ccccc2c1C(=O)O. The lowest BCUT2D eigenvalue weighted by molar-refractivity contribution is 0.0697. The predicted molar refractivity (Wildman–Crippen MR) is 72.9 cm³/mol. The van der Waals surface area contributed by atoms with E-state index in [0.717, 1.165) is 0 Å². The summed E-state index contributed by atoms with van der Waals surface area (Å²) in [6, 6.07) is 7.03. The van der Waals surface area contributed by atoms with E-state index in [4.69, 9.17) is 10.3 Å². The molecule has 2 heterocycles. The molecule has 0 saturated heterocycles. The number of thioether (sulfide) groups is 1. The molecule has 0 unspecified atom stereocenters. The fourth-order valence-electron chi connectivity index (χ4n) is 1.90. The normalized spacial score (nSPS) is 11.0. The summed E-state index contributed by atoms with van der Waals surface area (Å²) >= 11 is 1.26. The number of hydrogen-bond donors (Lipinski definition) is 2. The van der Waals surface area contributed by atoms with Gasteiger partial charge in [0, 0.05) is 5.39 Å². The summed E-state index contributed by atoms with van der Waals surface area (Å²) in [5, 5.41) is 17.9. The smallest absolute Gasteiger partial charge is 0.339 e. The third kappa shape index (κ3) is 2.10. The summed E-state index contributed by atoms with van der Waals surface area (Å²) in [6.07, 6.45) is 1.37. The Morgan fingerprint density at radius 3 is 2.95 bits per heavy atom. The highest BCUT2D eigenvalue weighted by molar-refractivity contribution is 7.98. The molecule has 0 radical (unpaired) electrons. The average Bonchev–Trinajstić information content (AvgIpc) is 2.99. The van der Waals surface area contributed by atoms with Gasteiger partial charge in [0.15, 0.2) is 0 Å². The maximum absolute atomic E-state index is 11.4. The van der Waals surface area contributed by atoms with Crippen LogP contribution in [-0.2, 0) is 5.75 Å². The van der Waals surface area contributed by atoms with Gasteiger partial charge in [-0.3, -0.25) is 0 Å². The Morgan fingerprint density at radius 1 is 1.45 bits per heavy atom. The van der Waals surface area contributed by atoms with Crippen LogP contribution in [0, 0.1) is 0 Å². The number of rotatable bonds is 4. The van der Waals surface area contributed by atoms with Crippen LogP contribution in [0.3, 0.4) is 0 Å². The predicted octanol–water partition coefficient (Wildman–Crippen LogP) is 1.73. The molecule has 0 aliphatic carbocycles. The monoisotopic (exact) mass is 290 g/mol. The Hall–Kier alpha value is -2.48. The van der Waals surface area contributed by atoms with Gasteiger partial charge < -0.3 is 15.4 Å². The highest BCUT2D eigenvalue weighted by atomic mass is 32.2. The van der Waals surface area contributed by atoms with E-state index in [-0.39, 0.29) is 5.56 Å². The van der Waals surface area contributed by atoms with Crippen LogP contribution in [0.25, 0.3) is 11.0 Å². The van der Waals surface area contributed by atoms with E-state index < -0.39 is 5.97 Å². The van der Waals surface area contributed by atoms with Crippen LogP contribution in [0.4, 0.5) is 0 Å². The van der Waals surface area contributed by atoms with Crippen molar-refractivity contribution >= 4 is 28.7 Å². The zero-order chi connectivity index (χ0) is 14.1. The van der Waals surface area contributed by atoms with Crippen LogP contribution in [0.1, 0.15) is 16.1 Å². The van der Waals surface area contributed by atoms with Gasteiger partial charge in [0.2, 0.25) is 5.16 Å². The van der Waals surface area contributed by atoms with E-state index in [1.807, 2.05) is 0 Å². The molecule has 7 nitrogen and oxygen atoms in total. The van der Waals surface area contributed by atoms with Crippen LogP contribution >= 0.6 is 11.8 Å². The summed E-state index contributed by atoms with van der Waals surface area (Å²) in [6.45, 7) is 0. The summed E-state index contributed by atoms with van der Waals surface area (Å²) in [5.74, 6) is 5.28. The number of carbonyl (C=O) groups is 1. The zero-order valence-corrected chi connectivity index (χ0v) is 11.0. The molecule has 1 aromatic carbocycles. The van der Waals surface area contributed by atoms with Gasteiger partial charge in [0.1, 0.15) is 23.2 Å². The van der Waals surface area contributed by atoms with Gasteiger partial charge in [-0.25, -0.2) is 9.47 Å². The fourth-order valence-corrected chi connectivity index (χ4v) is 2.66. The molecular weight excluding hydrogens is 280 g/mol. The van der Waals surface area contributed by atoms with E-state index in [0.29, 0.717) is 27.6 Å². The largest absolute Gasteiger partial charge is 0.478 e. The van der Waals surface area contributed by atoms with Gasteiger partial charge in [-0.2, -0.15) is 0 Å². The van der Waals surface area contributed by atoms with Crippen LogP contribution in [0.15, 0.2) is 40.2 Å². The molecule has 102 valence electrons. The summed E-state index contributed by atoms with van der Waals surface area (Å²) in [4.78, 5) is 11.4. The number of carboxylic acid groups (broad SMARTS) is 1. The number of aromatic nitrogens is 3. The minimum absolute atomic E-state index is 0.177. The molecule has 0 bridgehead atoms. The van der Waals surface area contributed by atoms with Crippen molar-refractivity contribution in [2.24, 2.45) is 0 Å². The van der Waals surface area contributed by atoms with E-state index in [1.165, 1.54) is 22.8 Å². The summed E-state index contributed by atoms with van der Waals surface area (Å²) in [5.41, 5.74) is 0.728. The van der Waals surface area contributed by atoms with Crippen LogP contribution in [0.5, 0.6) is 0 Å². The van der Waals surface area contributed by atoms with Crippen LogP contribution in [0.2, 0.25) is 0 Å². The molecule has 0 spiro atoms. The lowest BCUT2D eigenvalue weighted by atomic mass is 10.1. The second-order valence-corrected chi connectivity index (χ2v) is 4.95. The van der Waals surface area contributed by atoms with Gasteiger partial charge in [-0.05, 0) is 6.07 Å². The minimum atomic E-state index is -1.01. The van der Waals surface area contributed by atoms with E-state index in [2.05, 4.69) is 10.2 Å². The third-order valence-corrected chi connectivity index (χ3v) is 3.71. The maximum Gasteiger partial charge on any atom is 0.339 e. The highest BCUT2D eigenvalue weighted by Crippen LogP contribution is 2.30. The number of benzene rings is 1. The molecule has 2 aromatic heterocycles. The first-order chi connectivity index (χ1) is 9.66. The minimum Gasteiger partial charge on any atom is -0.478 e. The number of nitrogens with zero attached hydrogens (tertiary/aromatic N) is 3. The number of nitrogens with two attached hydrogens (primary N) is 1. The Bertz CT molecular complexity index is 780. The van der Waals surface area contributed by atoms with Crippen molar-refractivity contribution in [3.63, 3.8) is 0 Å². The maximum atomic E-state index is 11.4. The van der Waals surface area contributed by atoms with Gasteiger partial charge in [-0.1, -0.05) is 30.0 Å². The Balaban J connectivity index is 1.96. The quantitative estimate of drug-likeness (QED) is 0.556. The van der Waals surface area contributed by atoms with Crippen molar-refractivity contribution < 1.29 is 14.3 Å². The van der Waals surface area contributed by atoms with Gasteiger partial charge in [0.05, 0.1) is 5.75 Å². The van der Waals surface area contributed by atoms with Crippen LogP contribution in [-0.4, -0.2) is 25.9 Å². The van der Waals surface area contributed by atoms with Crippen molar-refractivity contribution in [1.29, 1.82) is 0 Å². The second-order valence-electron chi connectivity index (χ2n) is 4.01. The molecule has 3 N–H and O–H groups in total. The molecule has 8 heteroatoms. The summed E-state index contributed by atoms with van der Waals surface area (Å²) in [7, 11) is 0. The number of fused-ring (bicyclic) bond motifs is 1. The highest BCUT2D eigenvalue weighted by Gasteiger charge is 2.20. The Morgan fingerprint density at radius 2 is 2.25 bits per heavy atom. The molecule has 0 fully saturated rings. The number of para-hydroxylation sites is 1. The first-order valence-electron chi connectivity index (χ1n) is 5.68. The zero-order valence-electron chi connectivity index (χ0n) is 10.2. The number of hydrogen-bond acceptors (Lipinski definition) is 6. The van der Waals surface area contributed by atoms with Crippen molar-refractivity contribution in [2.75, 3.05) is 5.84 Å². The molecule has 0 amide bonds. The summed E-state index contributed by atoms with van der Waals surface area (Å²) < 4.78 is 6.87. The van der Waals surface area contributed by atoms with Crippen LogP contribution < -0.4 is 5.84 Å². The average molecular weight is 290 g/mol. The molecule has 0 saturated carbocycles. The first-order valence-corrected chi connectivity index (χ1v) is 6.67. The molecule has 0 aliphatic rings. The number of carboxylic acids is 1. The first kappa shape index (κ1) is 12.5. The van der Waals surface area contributed by atoms with Crippen molar-refractivity contribution in [3.8, 4) is 0 Å². The third-order valence-electron chi connectivity index (χ3n) is 2.75. The van der Waals surface area contributed by atoms with Crippen molar-refractivity contribution in [3.05, 3.63) is 41.9 Å². The molecule has 3 aromatic rings. The lowest BCUT2D eigenvalue weighted by Crippen LogP contribution is -2.07.